The number of ether oxygens (including phenoxy) is 1. The van der Waals surface area contributed by atoms with Gasteiger partial charge in [-0.25, -0.2) is 16.8 Å². The smallest absolute Gasteiger partial charge is 0.744 e. The molecule has 0 aliphatic carbocycles. The summed E-state index contributed by atoms with van der Waals surface area (Å²) in [6.45, 7) is 0. The zero-order valence-corrected chi connectivity index (χ0v) is 27.0. The van der Waals surface area contributed by atoms with Gasteiger partial charge in [0.05, 0.1) is 34.0 Å². The number of fused-ring (bicyclic) bond motifs is 1. The van der Waals surface area contributed by atoms with E-state index < -0.39 is 35.8 Å². The number of nitrogens with two attached hydrogens (primary N) is 1. The Balaban J connectivity index is 0.00000280. The minimum Gasteiger partial charge on any atom is -0.744 e. The van der Waals surface area contributed by atoms with Gasteiger partial charge in [0.1, 0.15) is 37.4 Å². The number of hydrogen-bond acceptors (Lipinski definition) is 13. The largest absolute Gasteiger partial charge is 1.00 e. The van der Waals surface area contributed by atoms with Gasteiger partial charge in [0.25, 0.3) is 0 Å². The zero-order valence-electron chi connectivity index (χ0n) is 21.3. The summed E-state index contributed by atoms with van der Waals surface area (Å²) in [7, 11) is -8.14. The van der Waals surface area contributed by atoms with Gasteiger partial charge in [-0.15, -0.1) is 10.2 Å². The number of phenolic OH excluding ortho intramolecular Hbond substituents is 1. The Kier molecular flexibility index (Phi) is 11.4. The van der Waals surface area contributed by atoms with Crippen molar-refractivity contribution in [2.45, 2.75) is 9.79 Å². The molecule has 0 amide bonds. The number of hydrogen-bond donors (Lipinski definition) is 2. The third-order valence-corrected chi connectivity index (χ3v) is 6.83. The van der Waals surface area contributed by atoms with E-state index in [0.717, 1.165) is 24.3 Å². The molecule has 0 fully saturated rings. The van der Waals surface area contributed by atoms with E-state index in [1.165, 1.54) is 49.6 Å². The second-order valence-corrected chi connectivity index (χ2v) is 10.5. The number of phenols is 1. The number of azo groups is 2. The van der Waals surface area contributed by atoms with E-state index in [0.29, 0.717) is 5.69 Å². The number of nitrogen functional groups attached to an aromatic ring is 1. The van der Waals surface area contributed by atoms with Crippen molar-refractivity contribution in [2.24, 2.45) is 20.5 Å². The standard InChI is InChI=1S/C23H19N5O8S2.2Na/c1-36-22-10-14(26-25-13-3-2-4-15(9-13)37(30,31)32)5-7-20(22)28-27-19-8-6-18(24)23-17(19)11-16(12-21(23)29)38(33,34)35;;/h2-12,29H,24H2,1H3,(H,30,31,32)(H,33,34,35);;/q;2*+1/p-2. The molecule has 0 aliphatic rings. The Labute approximate surface area is 273 Å². The van der Waals surface area contributed by atoms with Gasteiger partial charge in [-0.2, -0.15) is 10.2 Å². The van der Waals surface area contributed by atoms with Crippen molar-refractivity contribution >= 4 is 59.4 Å². The van der Waals surface area contributed by atoms with Crippen LogP contribution < -0.4 is 69.6 Å². The van der Waals surface area contributed by atoms with Gasteiger partial charge in [0, 0.05) is 22.5 Å². The molecule has 4 rings (SSSR count). The summed E-state index contributed by atoms with van der Waals surface area (Å²) in [5.74, 6) is -0.274. The molecule has 0 spiro atoms. The second-order valence-electron chi connectivity index (χ2n) is 7.70. The van der Waals surface area contributed by atoms with Gasteiger partial charge >= 0.3 is 59.1 Å². The molecule has 196 valence electrons. The first kappa shape index (κ1) is 33.8. The van der Waals surface area contributed by atoms with Crippen molar-refractivity contribution < 1.29 is 94.9 Å². The van der Waals surface area contributed by atoms with Crippen molar-refractivity contribution in [3.8, 4) is 11.5 Å². The van der Waals surface area contributed by atoms with E-state index >= 15 is 0 Å². The molecule has 3 N–H and O–H groups in total. The van der Waals surface area contributed by atoms with Crippen LogP contribution in [0.1, 0.15) is 0 Å². The summed E-state index contributed by atoms with van der Waals surface area (Å²) >= 11 is 0. The molecule has 4 aromatic carbocycles. The third kappa shape index (κ3) is 7.85. The summed E-state index contributed by atoms with van der Waals surface area (Å²) in [6, 6.07) is 14.3. The Hall–Kier alpha value is -2.44. The Morgan fingerprint density at radius 3 is 1.98 bits per heavy atom. The molecule has 0 aliphatic heterocycles. The topological polar surface area (TPSA) is 219 Å². The number of nitrogens with zero attached hydrogens (tertiary/aromatic N) is 4. The first-order chi connectivity index (χ1) is 17.9. The van der Waals surface area contributed by atoms with Crippen LogP contribution in [0.5, 0.6) is 11.5 Å². The third-order valence-electron chi connectivity index (χ3n) is 5.18. The molecule has 0 radical (unpaired) electrons. The van der Waals surface area contributed by atoms with Gasteiger partial charge in [0.15, 0.2) is 0 Å². The molecule has 0 heterocycles. The minimum atomic E-state index is -4.87. The SMILES string of the molecule is COc1cc(N=Nc2cccc(S(=O)(=O)[O-])c2)ccc1N=Nc1ccc(N)c2c(O)cc(S(=O)(=O)[O-])cc12.[Na+].[Na+]. The maximum atomic E-state index is 11.5. The molecule has 0 saturated heterocycles. The maximum absolute atomic E-state index is 11.5. The Morgan fingerprint density at radius 2 is 1.35 bits per heavy atom. The van der Waals surface area contributed by atoms with Gasteiger partial charge in [-0.05, 0) is 54.6 Å². The predicted octanol–water partition coefficient (Wildman–Crippen LogP) is -1.22. The maximum Gasteiger partial charge on any atom is 1.00 e. The molecule has 0 aromatic heterocycles. The summed E-state index contributed by atoms with van der Waals surface area (Å²) < 4.78 is 73.4. The number of rotatable bonds is 7. The van der Waals surface area contributed by atoms with Gasteiger partial charge < -0.3 is 24.7 Å². The molecular weight excluding hydrogens is 584 g/mol. The van der Waals surface area contributed by atoms with E-state index in [2.05, 4.69) is 20.5 Å². The molecule has 0 atom stereocenters. The Bertz CT molecular complexity index is 1850. The molecule has 0 unspecified atom stereocenters. The van der Waals surface area contributed by atoms with Crippen LogP contribution in [-0.2, 0) is 20.2 Å². The molecule has 17 heteroatoms. The van der Waals surface area contributed by atoms with E-state index in [-0.39, 0.29) is 98.4 Å². The number of anilines is 1. The molecule has 40 heavy (non-hydrogen) atoms. The number of aromatic hydroxyl groups is 1. The van der Waals surface area contributed by atoms with Crippen LogP contribution in [0, 0.1) is 0 Å². The van der Waals surface area contributed by atoms with Crippen molar-refractivity contribution in [3.63, 3.8) is 0 Å². The van der Waals surface area contributed by atoms with Crippen LogP contribution in [0.3, 0.4) is 0 Å². The average Bonchev–Trinajstić information content (AvgIpc) is 2.86. The molecule has 4 aromatic rings. The fourth-order valence-electron chi connectivity index (χ4n) is 3.42. The van der Waals surface area contributed by atoms with Crippen LogP contribution >= 0.6 is 0 Å². The van der Waals surface area contributed by atoms with E-state index in [1.807, 2.05) is 0 Å². The van der Waals surface area contributed by atoms with Crippen LogP contribution in [0.15, 0.2) is 97.0 Å². The zero-order chi connectivity index (χ0) is 27.7. The first-order valence-electron chi connectivity index (χ1n) is 10.5. The predicted molar refractivity (Wildman–Crippen MR) is 134 cm³/mol. The summed E-state index contributed by atoms with van der Waals surface area (Å²) in [4.78, 5) is -1.10. The van der Waals surface area contributed by atoms with Gasteiger partial charge in [0.2, 0.25) is 0 Å². The molecule has 0 bridgehead atoms. The summed E-state index contributed by atoms with van der Waals surface area (Å²) in [5, 5.41) is 26.6. The van der Waals surface area contributed by atoms with E-state index in [1.54, 1.807) is 0 Å². The van der Waals surface area contributed by atoms with Crippen LogP contribution in [0.4, 0.5) is 28.4 Å². The van der Waals surface area contributed by atoms with Crippen molar-refractivity contribution in [3.05, 3.63) is 66.7 Å². The van der Waals surface area contributed by atoms with Gasteiger partial charge in [-0.3, -0.25) is 0 Å². The van der Waals surface area contributed by atoms with Crippen molar-refractivity contribution in [1.82, 2.24) is 0 Å². The monoisotopic (exact) mass is 601 g/mol. The van der Waals surface area contributed by atoms with Crippen LogP contribution in [0.25, 0.3) is 10.8 Å². The fraction of sp³-hybridized carbons (Fsp3) is 0.0435. The Morgan fingerprint density at radius 1 is 0.750 bits per heavy atom. The van der Waals surface area contributed by atoms with Crippen molar-refractivity contribution in [1.29, 1.82) is 0 Å². The molecule has 13 nitrogen and oxygen atoms in total. The van der Waals surface area contributed by atoms with Crippen molar-refractivity contribution in [2.75, 3.05) is 12.8 Å². The fourth-order valence-corrected chi connectivity index (χ4v) is 4.44. The molecular formula is C23H17N5Na2O8S2. The molecule has 0 saturated carbocycles. The summed E-state index contributed by atoms with van der Waals surface area (Å²) in [6.07, 6.45) is 0. The summed E-state index contributed by atoms with van der Waals surface area (Å²) in [5.41, 5.74) is 6.86. The number of benzene rings is 4. The average molecular weight is 602 g/mol. The number of methoxy groups -OCH3 is 1. The van der Waals surface area contributed by atoms with Crippen LogP contribution in [-0.4, -0.2) is 38.2 Å². The normalized spacial score (nSPS) is 11.9. The first-order valence-corrected chi connectivity index (χ1v) is 13.3. The van der Waals surface area contributed by atoms with Crippen LogP contribution in [0.2, 0.25) is 0 Å². The van der Waals surface area contributed by atoms with E-state index in [4.69, 9.17) is 10.5 Å². The quantitative estimate of drug-likeness (QED) is 0.112. The van der Waals surface area contributed by atoms with Gasteiger partial charge in [-0.1, -0.05) is 6.07 Å². The van der Waals surface area contributed by atoms with E-state index in [9.17, 15) is 31.0 Å². The minimum absolute atomic E-state index is 0. The second kappa shape index (κ2) is 13.5.